The van der Waals surface area contributed by atoms with Gasteiger partial charge in [0.15, 0.2) is 0 Å². The molecule has 2 aromatic heterocycles. The van der Waals surface area contributed by atoms with Gasteiger partial charge in [-0.05, 0) is 6.92 Å². The Kier molecular flexibility index (Phi) is 4.25. The normalized spacial score (nSPS) is 14.4. The maximum absolute atomic E-state index is 12.2. The van der Waals surface area contributed by atoms with Crippen molar-refractivity contribution >= 4 is 17.1 Å². The summed E-state index contributed by atoms with van der Waals surface area (Å²) in [4.78, 5) is 30.0. The summed E-state index contributed by atoms with van der Waals surface area (Å²) in [6.45, 7) is 4.46. The van der Waals surface area contributed by atoms with Crippen LogP contribution in [0.25, 0.3) is 11.0 Å². The topological polar surface area (TPSA) is 105 Å². The minimum atomic E-state index is -0.489. The second-order valence-corrected chi connectivity index (χ2v) is 4.95. The van der Waals surface area contributed by atoms with E-state index in [-0.39, 0.29) is 18.1 Å². The number of carbonyl (C=O) groups is 1. The van der Waals surface area contributed by atoms with Gasteiger partial charge in [0.25, 0.3) is 5.56 Å². The molecule has 0 spiro atoms. The Balaban J connectivity index is 1.95. The zero-order chi connectivity index (χ0) is 16.2. The van der Waals surface area contributed by atoms with Gasteiger partial charge in [0, 0.05) is 26.2 Å². The number of piperazine rings is 1. The molecule has 2 N–H and O–H groups in total. The first-order valence-corrected chi connectivity index (χ1v) is 7.21. The number of fused-ring (bicyclic) bond motifs is 1. The summed E-state index contributed by atoms with van der Waals surface area (Å²) in [5.74, 6) is 5.60. The van der Waals surface area contributed by atoms with E-state index >= 15 is 0 Å². The van der Waals surface area contributed by atoms with E-state index in [0.29, 0.717) is 18.6 Å². The first-order valence-electron chi connectivity index (χ1n) is 7.21. The Bertz CT molecular complexity index is 838. The van der Waals surface area contributed by atoms with Gasteiger partial charge in [0.1, 0.15) is 11.0 Å². The molecule has 0 bridgehead atoms. The monoisotopic (exact) mass is 316 g/mol. The Morgan fingerprint density at radius 2 is 2.22 bits per heavy atom. The lowest BCUT2D eigenvalue weighted by Crippen LogP contribution is -2.47. The fourth-order valence-electron chi connectivity index (χ4n) is 2.36. The summed E-state index contributed by atoms with van der Waals surface area (Å²) >= 11 is 0. The molecule has 23 heavy (non-hydrogen) atoms. The van der Waals surface area contributed by atoms with E-state index in [1.165, 1.54) is 10.8 Å². The lowest BCUT2D eigenvalue weighted by molar-refractivity contribution is 0.141. The van der Waals surface area contributed by atoms with Crippen LogP contribution in [0.5, 0.6) is 6.01 Å². The summed E-state index contributed by atoms with van der Waals surface area (Å²) in [7, 11) is 0. The smallest absolute Gasteiger partial charge is 0.375 e. The molecule has 3 heterocycles. The van der Waals surface area contributed by atoms with Crippen LogP contribution in [0.3, 0.4) is 0 Å². The highest BCUT2D eigenvalue weighted by Gasteiger charge is 2.22. The second-order valence-electron chi connectivity index (χ2n) is 4.95. The molecule has 9 heteroatoms. The van der Waals surface area contributed by atoms with Crippen LogP contribution in [0, 0.1) is 11.8 Å². The van der Waals surface area contributed by atoms with Gasteiger partial charge in [-0.15, -0.1) is 5.92 Å². The quantitative estimate of drug-likeness (QED) is 0.727. The van der Waals surface area contributed by atoms with Crippen molar-refractivity contribution in [2.24, 2.45) is 0 Å². The van der Waals surface area contributed by atoms with Gasteiger partial charge < -0.3 is 15.0 Å². The van der Waals surface area contributed by atoms with Crippen LogP contribution in [0.2, 0.25) is 0 Å². The third-order valence-electron chi connectivity index (χ3n) is 3.50. The largest absolute Gasteiger partial charge is 0.417 e. The van der Waals surface area contributed by atoms with Gasteiger partial charge in [0.2, 0.25) is 0 Å². The summed E-state index contributed by atoms with van der Waals surface area (Å²) in [6.07, 6.45) is 0.922. The molecule has 1 amide bonds. The molecule has 1 saturated heterocycles. The molecule has 0 saturated carbocycles. The fraction of sp³-hybridized carbons (Fsp3) is 0.429. The van der Waals surface area contributed by atoms with Crippen molar-refractivity contribution in [3.05, 3.63) is 16.6 Å². The maximum atomic E-state index is 12.2. The number of imidazole rings is 1. The Labute approximate surface area is 131 Å². The van der Waals surface area contributed by atoms with E-state index in [0.717, 1.165) is 13.1 Å². The van der Waals surface area contributed by atoms with Gasteiger partial charge in [-0.1, -0.05) is 5.92 Å². The predicted octanol–water partition coefficient (Wildman–Crippen LogP) is -0.453. The molecule has 0 radical (unpaired) electrons. The zero-order valence-electron chi connectivity index (χ0n) is 12.6. The number of nitrogens with one attached hydrogen (secondary N) is 2. The van der Waals surface area contributed by atoms with Crippen LogP contribution >= 0.6 is 0 Å². The molecular weight excluding hydrogens is 300 g/mol. The predicted molar refractivity (Wildman–Crippen MR) is 82.1 cm³/mol. The van der Waals surface area contributed by atoms with Gasteiger partial charge in [0.05, 0.1) is 12.7 Å². The van der Waals surface area contributed by atoms with E-state index in [9.17, 15) is 9.59 Å². The number of aromatic amines is 1. The highest BCUT2D eigenvalue weighted by Crippen LogP contribution is 2.18. The number of aromatic nitrogens is 4. The molecule has 0 aliphatic carbocycles. The lowest BCUT2D eigenvalue weighted by Gasteiger charge is -2.26. The number of ether oxygens (including phenoxy) is 1. The van der Waals surface area contributed by atoms with Crippen molar-refractivity contribution in [1.29, 1.82) is 0 Å². The average Bonchev–Trinajstić information content (AvgIpc) is 2.92. The van der Waals surface area contributed by atoms with Crippen LogP contribution in [-0.2, 0) is 6.54 Å². The Morgan fingerprint density at radius 1 is 1.43 bits per heavy atom. The number of hydrogen-bond donors (Lipinski definition) is 2. The third-order valence-corrected chi connectivity index (χ3v) is 3.50. The zero-order valence-corrected chi connectivity index (χ0v) is 12.6. The number of amides is 1. The summed E-state index contributed by atoms with van der Waals surface area (Å²) in [6, 6.07) is 0.0461. The SMILES string of the molecule is CC#CCn1c(OC(=O)N2CCNCC2)nc2cn[nH]c(=O)c21. The van der Waals surface area contributed by atoms with Crippen LogP contribution in [0.1, 0.15) is 6.92 Å². The van der Waals surface area contributed by atoms with Gasteiger partial charge in [-0.2, -0.15) is 10.1 Å². The van der Waals surface area contributed by atoms with Crippen LogP contribution in [-0.4, -0.2) is 56.9 Å². The standard InChI is InChI=1S/C14H16N6O3/c1-2-3-6-20-11-10(9-16-18-12(11)21)17-13(20)23-14(22)19-7-4-15-5-8-19/h9,15H,4-8H2,1H3,(H,18,21). The number of hydrogen-bond acceptors (Lipinski definition) is 6. The van der Waals surface area contributed by atoms with Crippen molar-refractivity contribution in [2.45, 2.75) is 13.5 Å². The highest BCUT2D eigenvalue weighted by atomic mass is 16.6. The molecule has 0 aromatic carbocycles. The van der Waals surface area contributed by atoms with Crippen molar-refractivity contribution in [3.8, 4) is 17.9 Å². The highest BCUT2D eigenvalue weighted by molar-refractivity contribution is 5.76. The number of rotatable bonds is 2. The maximum Gasteiger partial charge on any atom is 0.417 e. The summed E-state index contributed by atoms with van der Waals surface area (Å²) in [5, 5.41) is 9.21. The van der Waals surface area contributed by atoms with Gasteiger partial charge >= 0.3 is 12.1 Å². The van der Waals surface area contributed by atoms with Gasteiger partial charge in [-0.25, -0.2) is 9.89 Å². The molecule has 0 atom stereocenters. The van der Waals surface area contributed by atoms with Crippen LogP contribution in [0.4, 0.5) is 4.79 Å². The Morgan fingerprint density at radius 3 is 2.96 bits per heavy atom. The minimum Gasteiger partial charge on any atom is -0.375 e. The van der Waals surface area contributed by atoms with Crippen LogP contribution < -0.4 is 15.6 Å². The molecule has 3 rings (SSSR count). The molecule has 0 unspecified atom stereocenters. The van der Waals surface area contributed by atoms with Crippen molar-refractivity contribution in [2.75, 3.05) is 26.2 Å². The molecule has 9 nitrogen and oxygen atoms in total. The van der Waals surface area contributed by atoms with E-state index in [1.54, 1.807) is 11.8 Å². The molecule has 1 fully saturated rings. The fourth-order valence-corrected chi connectivity index (χ4v) is 2.36. The van der Waals surface area contributed by atoms with Crippen molar-refractivity contribution in [1.82, 2.24) is 30.0 Å². The van der Waals surface area contributed by atoms with Crippen LogP contribution in [0.15, 0.2) is 11.0 Å². The van der Waals surface area contributed by atoms with Crippen molar-refractivity contribution < 1.29 is 9.53 Å². The molecule has 1 aliphatic rings. The minimum absolute atomic E-state index is 0.0461. The molecule has 2 aromatic rings. The molecule has 1 aliphatic heterocycles. The summed E-state index contributed by atoms with van der Waals surface area (Å²) < 4.78 is 6.86. The number of carbonyl (C=O) groups excluding carboxylic acids is 1. The lowest BCUT2D eigenvalue weighted by atomic mass is 10.4. The first kappa shape index (κ1) is 15.1. The summed E-state index contributed by atoms with van der Waals surface area (Å²) in [5.41, 5.74) is 0.234. The third kappa shape index (κ3) is 3.02. The molecular formula is C14H16N6O3. The second kappa shape index (κ2) is 6.50. The van der Waals surface area contributed by atoms with E-state index < -0.39 is 11.7 Å². The Hall–Kier alpha value is -2.86. The average molecular weight is 316 g/mol. The van der Waals surface area contributed by atoms with E-state index in [4.69, 9.17) is 4.74 Å². The number of nitrogens with zero attached hydrogens (tertiary/aromatic N) is 4. The number of H-pyrrole nitrogens is 1. The van der Waals surface area contributed by atoms with E-state index in [1.807, 2.05) is 0 Å². The van der Waals surface area contributed by atoms with Gasteiger partial charge in [-0.3, -0.25) is 9.36 Å². The van der Waals surface area contributed by atoms with Crippen molar-refractivity contribution in [3.63, 3.8) is 0 Å². The van der Waals surface area contributed by atoms with E-state index in [2.05, 4.69) is 32.3 Å². The first-order chi connectivity index (χ1) is 11.2. The molecule has 120 valence electrons.